The first kappa shape index (κ1) is 11.7. The van der Waals surface area contributed by atoms with Crippen molar-refractivity contribution in [3.63, 3.8) is 0 Å². The van der Waals surface area contributed by atoms with Crippen LogP contribution in [-0.2, 0) is 4.74 Å². The molecule has 16 heavy (non-hydrogen) atoms. The molecule has 0 atom stereocenters. The van der Waals surface area contributed by atoms with Crippen LogP contribution < -0.4 is 5.32 Å². The highest BCUT2D eigenvalue weighted by Gasteiger charge is 2.20. The zero-order valence-electron chi connectivity index (χ0n) is 9.69. The molecule has 0 radical (unpaired) electrons. The smallest absolute Gasteiger partial charge is 0.223 e. The number of anilines is 1. The Balaban J connectivity index is 2.02. The van der Waals surface area contributed by atoms with Crippen molar-refractivity contribution < 1.29 is 4.74 Å². The number of hydrogen-bond donors (Lipinski definition) is 1. The number of aromatic nitrogens is 2. The standard InChI is InChI=1S/C11H17N3OS/c1-3-4-12-11-13-8(2)5-10(14-11)16-9-6-15-7-9/h5,9H,3-4,6-7H2,1-2H3,(H,12,13,14). The molecule has 1 aliphatic rings. The van der Waals surface area contributed by atoms with Crippen LogP contribution in [0.15, 0.2) is 11.1 Å². The highest BCUT2D eigenvalue weighted by Crippen LogP contribution is 2.27. The SMILES string of the molecule is CCCNc1nc(C)cc(SC2COC2)n1. The molecule has 1 fully saturated rings. The van der Waals surface area contributed by atoms with Gasteiger partial charge < -0.3 is 10.1 Å². The molecule has 0 unspecified atom stereocenters. The van der Waals surface area contributed by atoms with Gasteiger partial charge in [-0.15, -0.1) is 0 Å². The molecule has 0 aromatic carbocycles. The van der Waals surface area contributed by atoms with Gasteiger partial charge in [0, 0.05) is 12.2 Å². The van der Waals surface area contributed by atoms with Gasteiger partial charge in [-0.05, 0) is 19.4 Å². The Morgan fingerprint density at radius 3 is 2.94 bits per heavy atom. The highest BCUT2D eigenvalue weighted by molar-refractivity contribution is 8.00. The first-order valence-corrected chi connectivity index (χ1v) is 6.50. The predicted molar refractivity (Wildman–Crippen MR) is 66.0 cm³/mol. The Kier molecular flexibility index (Phi) is 4.01. The van der Waals surface area contributed by atoms with Crippen LogP contribution in [0.25, 0.3) is 0 Å². The summed E-state index contributed by atoms with van der Waals surface area (Å²) in [5.41, 5.74) is 1.01. The predicted octanol–water partition coefficient (Wildman–Crippen LogP) is 2.10. The Hall–Kier alpha value is -0.810. The molecule has 0 spiro atoms. The molecule has 2 rings (SSSR count). The fraction of sp³-hybridized carbons (Fsp3) is 0.636. The molecule has 1 saturated heterocycles. The minimum atomic E-state index is 0.563. The summed E-state index contributed by atoms with van der Waals surface area (Å²) < 4.78 is 5.15. The maximum atomic E-state index is 5.15. The largest absolute Gasteiger partial charge is 0.379 e. The van der Waals surface area contributed by atoms with E-state index in [0.717, 1.165) is 42.8 Å². The first-order valence-electron chi connectivity index (χ1n) is 5.62. The highest BCUT2D eigenvalue weighted by atomic mass is 32.2. The molecule has 1 aromatic rings. The van der Waals surface area contributed by atoms with Gasteiger partial charge in [0.05, 0.1) is 18.5 Å². The third kappa shape index (κ3) is 3.09. The number of nitrogens with zero attached hydrogens (tertiary/aromatic N) is 2. The van der Waals surface area contributed by atoms with Crippen LogP contribution in [0.1, 0.15) is 19.0 Å². The van der Waals surface area contributed by atoms with Crippen molar-refractivity contribution in [2.24, 2.45) is 0 Å². The normalized spacial score (nSPS) is 15.9. The molecular formula is C11H17N3OS. The van der Waals surface area contributed by atoms with Crippen molar-refractivity contribution in [3.8, 4) is 0 Å². The lowest BCUT2D eigenvalue weighted by molar-refractivity contribution is 0.0454. The molecule has 0 amide bonds. The van der Waals surface area contributed by atoms with E-state index in [1.165, 1.54) is 0 Å². The monoisotopic (exact) mass is 239 g/mol. The Morgan fingerprint density at radius 2 is 2.31 bits per heavy atom. The fourth-order valence-electron chi connectivity index (χ4n) is 1.37. The summed E-state index contributed by atoms with van der Waals surface area (Å²) in [6.07, 6.45) is 1.08. The van der Waals surface area contributed by atoms with E-state index < -0.39 is 0 Å². The lowest BCUT2D eigenvalue weighted by atomic mass is 10.4. The third-order valence-corrected chi connectivity index (χ3v) is 3.31. The topological polar surface area (TPSA) is 47.0 Å². The van der Waals surface area contributed by atoms with Gasteiger partial charge in [0.15, 0.2) is 0 Å². The summed E-state index contributed by atoms with van der Waals surface area (Å²) in [7, 11) is 0. The summed E-state index contributed by atoms with van der Waals surface area (Å²) >= 11 is 1.78. The molecule has 1 aliphatic heterocycles. The number of rotatable bonds is 5. The summed E-state index contributed by atoms with van der Waals surface area (Å²) in [5.74, 6) is 0.740. The van der Waals surface area contributed by atoms with E-state index in [1.54, 1.807) is 11.8 Å². The van der Waals surface area contributed by atoms with E-state index in [1.807, 2.05) is 13.0 Å². The minimum absolute atomic E-state index is 0.563. The summed E-state index contributed by atoms with van der Waals surface area (Å²) in [5, 5.41) is 4.82. The molecule has 0 aliphatic carbocycles. The molecule has 0 bridgehead atoms. The van der Waals surface area contributed by atoms with Gasteiger partial charge in [0.25, 0.3) is 0 Å². The zero-order valence-corrected chi connectivity index (χ0v) is 10.5. The van der Waals surface area contributed by atoms with E-state index >= 15 is 0 Å². The molecule has 4 nitrogen and oxygen atoms in total. The van der Waals surface area contributed by atoms with Crippen molar-refractivity contribution >= 4 is 17.7 Å². The van der Waals surface area contributed by atoms with E-state index in [0.29, 0.717) is 5.25 Å². The van der Waals surface area contributed by atoms with Crippen LogP contribution in [0.4, 0.5) is 5.95 Å². The second-order valence-electron chi connectivity index (χ2n) is 3.88. The van der Waals surface area contributed by atoms with Crippen LogP contribution in [0.3, 0.4) is 0 Å². The molecule has 5 heteroatoms. The van der Waals surface area contributed by atoms with Crippen molar-refractivity contribution in [2.75, 3.05) is 25.1 Å². The van der Waals surface area contributed by atoms with E-state index in [2.05, 4.69) is 22.2 Å². The summed E-state index contributed by atoms with van der Waals surface area (Å²) in [6.45, 7) is 6.72. The van der Waals surface area contributed by atoms with Crippen LogP contribution in [-0.4, -0.2) is 35.0 Å². The van der Waals surface area contributed by atoms with Gasteiger partial charge in [0.2, 0.25) is 5.95 Å². The van der Waals surface area contributed by atoms with Crippen LogP contribution in [0.5, 0.6) is 0 Å². The van der Waals surface area contributed by atoms with Gasteiger partial charge in [-0.3, -0.25) is 0 Å². The lowest BCUT2D eigenvalue weighted by Gasteiger charge is -2.24. The summed E-state index contributed by atoms with van der Waals surface area (Å²) in [4.78, 5) is 8.83. The number of aryl methyl sites for hydroxylation is 1. The number of thioether (sulfide) groups is 1. The van der Waals surface area contributed by atoms with Crippen molar-refractivity contribution in [3.05, 3.63) is 11.8 Å². The lowest BCUT2D eigenvalue weighted by Crippen LogP contribution is -2.30. The Bertz CT molecular complexity index is 355. The van der Waals surface area contributed by atoms with E-state index in [9.17, 15) is 0 Å². The van der Waals surface area contributed by atoms with Crippen molar-refractivity contribution in [1.29, 1.82) is 0 Å². The van der Waals surface area contributed by atoms with Gasteiger partial charge in [0.1, 0.15) is 5.03 Å². The fourth-order valence-corrected chi connectivity index (χ4v) is 2.42. The Morgan fingerprint density at radius 1 is 1.50 bits per heavy atom. The Labute approximate surface area is 100 Å². The van der Waals surface area contributed by atoms with Crippen molar-refractivity contribution in [2.45, 2.75) is 30.5 Å². The van der Waals surface area contributed by atoms with Crippen molar-refractivity contribution in [1.82, 2.24) is 9.97 Å². The molecule has 1 N–H and O–H groups in total. The third-order valence-electron chi connectivity index (χ3n) is 2.26. The second kappa shape index (κ2) is 5.50. The maximum absolute atomic E-state index is 5.15. The first-order chi connectivity index (χ1) is 7.78. The van der Waals surface area contributed by atoms with E-state index in [4.69, 9.17) is 4.74 Å². The van der Waals surface area contributed by atoms with Gasteiger partial charge in [-0.2, -0.15) is 0 Å². The number of hydrogen-bond acceptors (Lipinski definition) is 5. The molecule has 2 heterocycles. The summed E-state index contributed by atoms with van der Waals surface area (Å²) in [6, 6.07) is 2.03. The van der Waals surface area contributed by atoms with Crippen LogP contribution in [0.2, 0.25) is 0 Å². The van der Waals surface area contributed by atoms with Crippen LogP contribution in [0, 0.1) is 6.92 Å². The quantitative estimate of drug-likeness (QED) is 0.797. The minimum Gasteiger partial charge on any atom is -0.379 e. The number of ether oxygens (including phenoxy) is 1. The number of nitrogens with one attached hydrogen (secondary N) is 1. The van der Waals surface area contributed by atoms with Gasteiger partial charge in [-0.25, -0.2) is 9.97 Å². The van der Waals surface area contributed by atoms with E-state index in [-0.39, 0.29) is 0 Å². The van der Waals surface area contributed by atoms with Gasteiger partial charge >= 0.3 is 0 Å². The molecule has 0 saturated carbocycles. The second-order valence-corrected chi connectivity index (χ2v) is 5.20. The maximum Gasteiger partial charge on any atom is 0.223 e. The average molecular weight is 239 g/mol. The van der Waals surface area contributed by atoms with Gasteiger partial charge in [-0.1, -0.05) is 18.7 Å². The molecular weight excluding hydrogens is 222 g/mol. The average Bonchev–Trinajstić information content (AvgIpc) is 2.20. The molecule has 88 valence electrons. The zero-order chi connectivity index (χ0) is 11.4. The molecule has 1 aromatic heterocycles. The van der Waals surface area contributed by atoms with Crippen LogP contribution >= 0.6 is 11.8 Å².